The minimum absolute atomic E-state index is 0.00113. The predicted octanol–water partition coefficient (Wildman–Crippen LogP) is 3.69. The van der Waals surface area contributed by atoms with Crippen molar-refractivity contribution in [3.8, 4) is 0 Å². The van der Waals surface area contributed by atoms with Crippen LogP contribution in [0.1, 0.15) is 31.1 Å². The molecule has 1 aliphatic heterocycles. The fourth-order valence-electron chi connectivity index (χ4n) is 3.40. The van der Waals surface area contributed by atoms with Crippen molar-refractivity contribution in [3.05, 3.63) is 108 Å². The highest BCUT2D eigenvalue weighted by Crippen LogP contribution is 2.24. The Morgan fingerprint density at radius 1 is 0.667 bits per heavy atom. The Kier molecular flexibility index (Phi) is 7.12. The fraction of sp³-hybridized carbons (Fsp3) is 0.192. The lowest BCUT2D eigenvalue weighted by Crippen LogP contribution is -2.40. The lowest BCUT2D eigenvalue weighted by molar-refractivity contribution is -0.0433. The van der Waals surface area contributed by atoms with Gasteiger partial charge in [0.15, 0.2) is 12.2 Å². The van der Waals surface area contributed by atoms with Gasteiger partial charge in [-0.2, -0.15) is 0 Å². The molecule has 0 bridgehead atoms. The van der Waals surface area contributed by atoms with Gasteiger partial charge in [-0.05, 0) is 36.4 Å². The van der Waals surface area contributed by atoms with Gasteiger partial charge in [-0.3, -0.25) is 0 Å². The minimum atomic E-state index is -0.950. The van der Waals surface area contributed by atoms with E-state index in [9.17, 15) is 14.4 Å². The van der Waals surface area contributed by atoms with E-state index in [1.807, 2.05) is 0 Å². The molecule has 0 amide bonds. The van der Waals surface area contributed by atoms with E-state index in [1.54, 1.807) is 91.0 Å². The smallest absolute Gasteiger partial charge is 0.338 e. The molecule has 1 aliphatic rings. The summed E-state index contributed by atoms with van der Waals surface area (Å²) in [5.41, 5.74) is 1.10. The third kappa shape index (κ3) is 5.64. The average molecular weight is 446 g/mol. The first-order chi connectivity index (χ1) is 16.1. The maximum atomic E-state index is 12.7. The Morgan fingerprint density at radius 2 is 1.12 bits per heavy atom. The third-order valence-electron chi connectivity index (χ3n) is 5.12. The number of benzene rings is 3. The van der Waals surface area contributed by atoms with Crippen molar-refractivity contribution in [3.63, 3.8) is 0 Å². The van der Waals surface area contributed by atoms with Crippen molar-refractivity contribution in [2.45, 2.75) is 18.3 Å². The second kappa shape index (κ2) is 10.6. The summed E-state index contributed by atoms with van der Waals surface area (Å²) < 4.78 is 22.3. The summed E-state index contributed by atoms with van der Waals surface area (Å²) in [7, 11) is 0. The van der Waals surface area contributed by atoms with Crippen LogP contribution in [0.2, 0.25) is 0 Å². The number of hydrogen-bond donors (Lipinski definition) is 0. The van der Waals surface area contributed by atoms with E-state index in [0.29, 0.717) is 16.7 Å². The Bertz CT molecular complexity index is 1080. The van der Waals surface area contributed by atoms with Crippen LogP contribution in [0.4, 0.5) is 0 Å². The Labute approximate surface area is 190 Å². The molecule has 3 atom stereocenters. The molecule has 3 unspecified atom stereocenters. The monoisotopic (exact) mass is 446 g/mol. The van der Waals surface area contributed by atoms with Gasteiger partial charge in [-0.15, -0.1) is 0 Å². The zero-order valence-electron chi connectivity index (χ0n) is 17.7. The van der Waals surface area contributed by atoms with Gasteiger partial charge in [-0.1, -0.05) is 54.6 Å². The molecule has 4 rings (SSSR count). The van der Waals surface area contributed by atoms with Crippen LogP contribution in [0.5, 0.6) is 0 Å². The molecule has 1 fully saturated rings. The summed E-state index contributed by atoms with van der Waals surface area (Å²) in [4.78, 5) is 37.6. The molecule has 7 nitrogen and oxygen atoms in total. The number of ether oxygens (including phenoxy) is 4. The molecule has 0 radical (unpaired) electrons. The Balaban J connectivity index is 1.46. The van der Waals surface area contributed by atoms with Crippen LogP contribution in [0.3, 0.4) is 0 Å². The summed E-state index contributed by atoms with van der Waals surface area (Å²) in [6, 6.07) is 25.5. The van der Waals surface area contributed by atoms with Crippen LogP contribution in [-0.2, 0) is 18.9 Å². The topological polar surface area (TPSA) is 88.1 Å². The Hall–Kier alpha value is -3.97. The summed E-state index contributed by atoms with van der Waals surface area (Å²) in [5.74, 6) is -1.68. The first-order valence-electron chi connectivity index (χ1n) is 10.5. The van der Waals surface area contributed by atoms with E-state index in [2.05, 4.69) is 0 Å². The van der Waals surface area contributed by atoms with E-state index < -0.39 is 36.2 Å². The molecule has 0 aliphatic carbocycles. The van der Waals surface area contributed by atoms with E-state index >= 15 is 0 Å². The standard InChI is InChI=1S/C26H22O7/c27-24(18-10-4-1-5-11-18)31-16-21-23(33-26(29)20-14-8-3-9-15-20)22(17-30-21)32-25(28)19-12-6-2-7-13-19/h1-15,21-23H,16-17H2. The summed E-state index contributed by atoms with van der Waals surface area (Å²) in [6.07, 6.45) is -2.60. The van der Waals surface area contributed by atoms with Crippen molar-refractivity contribution < 1.29 is 33.3 Å². The van der Waals surface area contributed by atoms with Gasteiger partial charge in [0.05, 0.1) is 23.3 Å². The van der Waals surface area contributed by atoms with Gasteiger partial charge in [-0.25, -0.2) is 14.4 Å². The van der Waals surface area contributed by atoms with Crippen LogP contribution in [-0.4, -0.2) is 49.4 Å². The summed E-state index contributed by atoms with van der Waals surface area (Å²) in [6.45, 7) is -0.168. The summed E-state index contributed by atoms with van der Waals surface area (Å²) in [5, 5.41) is 0. The molecule has 0 aromatic heterocycles. The molecule has 168 valence electrons. The summed E-state index contributed by atoms with van der Waals surface area (Å²) >= 11 is 0. The number of esters is 3. The maximum Gasteiger partial charge on any atom is 0.338 e. The zero-order valence-corrected chi connectivity index (χ0v) is 17.7. The van der Waals surface area contributed by atoms with Crippen molar-refractivity contribution in [1.82, 2.24) is 0 Å². The Morgan fingerprint density at radius 3 is 1.64 bits per heavy atom. The lowest BCUT2D eigenvalue weighted by Gasteiger charge is -2.23. The highest BCUT2D eigenvalue weighted by Gasteiger charge is 2.44. The first-order valence-corrected chi connectivity index (χ1v) is 10.5. The third-order valence-corrected chi connectivity index (χ3v) is 5.12. The molecule has 3 aromatic carbocycles. The van der Waals surface area contributed by atoms with Crippen molar-refractivity contribution in [2.75, 3.05) is 13.2 Å². The maximum absolute atomic E-state index is 12.7. The minimum Gasteiger partial charge on any atom is -0.459 e. The normalized spacial score (nSPS) is 19.5. The average Bonchev–Trinajstić information content (AvgIpc) is 3.24. The SMILES string of the molecule is O=C(OCC1OCC(OC(=O)c2ccccc2)C1OC(=O)c1ccccc1)c1ccccc1. The van der Waals surface area contributed by atoms with Crippen LogP contribution >= 0.6 is 0 Å². The first kappa shape index (κ1) is 22.2. The second-order valence-corrected chi connectivity index (χ2v) is 7.38. The zero-order chi connectivity index (χ0) is 23.0. The van der Waals surface area contributed by atoms with Gasteiger partial charge >= 0.3 is 17.9 Å². The van der Waals surface area contributed by atoms with E-state index in [0.717, 1.165) is 0 Å². The molecule has 7 heteroatoms. The van der Waals surface area contributed by atoms with Gasteiger partial charge < -0.3 is 18.9 Å². The fourth-order valence-corrected chi connectivity index (χ4v) is 3.40. The molecule has 1 saturated heterocycles. The van der Waals surface area contributed by atoms with E-state index in [4.69, 9.17) is 18.9 Å². The van der Waals surface area contributed by atoms with Crippen molar-refractivity contribution in [1.29, 1.82) is 0 Å². The highest BCUT2D eigenvalue weighted by molar-refractivity contribution is 5.90. The number of carbonyl (C=O) groups is 3. The largest absolute Gasteiger partial charge is 0.459 e. The van der Waals surface area contributed by atoms with E-state index in [-0.39, 0.29) is 13.2 Å². The van der Waals surface area contributed by atoms with Gasteiger partial charge in [0.2, 0.25) is 0 Å². The molecule has 3 aromatic rings. The molecule has 33 heavy (non-hydrogen) atoms. The van der Waals surface area contributed by atoms with Crippen LogP contribution in [0.15, 0.2) is 91.0 Å². The molecule has 0 N–H and O–H groups in total. The van der Waals surface area contributed by atoms with Crippen LogP contribution in [0, 0.1) is 0 Å². The molecule has 1 heterocycles. The van der Waals surface area contributed by atoms with Gasteiger partial charge in [0.25, 0.3) is 0 Å². The lowest BCUT2D eigenvalue weighted by atomic mass is 10.1. The molecule has 0 saturated carbocycles. The van der Waals surface area contributed by atoms with Crippen LogP contribution < -0.4 is 0 Å². The van der Waals surface area contributed by atoms with E-state index in [1.165, 1.54) is 0 Å². The molecular formula is C26H22O7. The number of hydrogen-bond acceptors (Lipinski definition) is 7. The van der Waals surface area contributed by atoms with Crippen molar-refractivity contribution in [2.24, 2.45) is 0 Å². The number of carbonyl (C=O) groups excluding carboxylic acids is 3. The van der Waals surface area contributed by atoms with Gasteiger partial charge in [0, 0.05) is 0 Å². The predicted molar refractivity (Wildman–Crippen MR) is 118 cm³/mol. The molecular weight excluding hydrogens is 424 g/mol. The van der Waals surface area contributed by atoms with Crippen molar-refractivity contribution >= 4 is 17.9 Å². The number of rotatable bonds is 7. The van der Waals surface area contributed by atoms with Crippen LogP contribution in [0.25, 0.3) is 0 Å². The van der Waals surface area contributed by atoms with Gasteiger partial charge in [0.1, 0.15) is 12.7 Å². The quantitative estimate of drug-likeness (QED) is 0.404. The molecule has 0 spiro atoms. The second-order valence-electron chi connectivity index (χ2n) is 7.38. The highest BCUT2D eigenvalue weighted by atomic mass is 16.6.